The van der Waals surface area contributed by atoms with Crippen molar-refractivity contribution >= 4 is 5.69 Å². The Morgan fingerprint density at radius 2 is 2.00 bits per heavy atom. The molecule has 0 aromatic carbocycles. The molecule has 0 bridgehead atoms. The third-order valence-corrected chi connectivity index (χ3v) is 2.93. The van der Waals surface area contributed by atoms with Crippen molar-refractivity contribution in [1.29, 1.82) is 0 Å². The third kappa shape index (κ3) is 2.94. The lowest BCUT2D eigenvalue weighted by Gasteiger charge is -2.06. The van der Waals surface area contributed by atoms with Crippen LogP contribution < -0.4 is 5.32 Å². The number of halogens is 3. The first-order valence-corrected chi connectivity index (χ1v) is 6.19. The van der Waals surface area contributed by atoms with E-state index < -0.39 is 11.9 Å². The zero-order valence-electron chi connectivity index (χ0n) is 11.5. The summed E-state index contributed by atoms with van der Waals surface area (Å²) in [5.41, 5.74) is 1.22. The van der Waals surface area contributed by atoms with Crippen LogP contribution in [0.15, 0.2) is 12.3 Å². The summed E-state index contributed by atoms with van der Waals surface area (Å²) in [6, 6.07) is 1.07. The number of nitrogens with one attached hydrogen (secondary N) is 1. The van der Waals surface area contributed by atoms with E-state index in [-0.39, 0.29) is 6.54 Å². The fourth-order valence-corrected chi connectivity index (χ4v) is 1.97. The van der Waals surface area contributed by atoms with Gasteiger partial charge in [-0.25, -0.2) is 0 Å². The van der Waals surface area contributed by atoms with Crippen LogP contribution >= 0.6 is 0 Å². The number of rotatable bonds is 4. The SMILES string of the molecule is CCn1nc(C(F)(F)F)cc1CNc1cn(C)nc1C. The Bertz CT molecular complexity index is 597. The van der Waals surface area contributed by atoms with Gasteiger partial charge in [0, 0.05) is 19.8 Å². The maximum atomic E-state index is 12.6. The van der Waals surface area contributed by atoms with Gasteiger partial charge in [-0.05, 0) is 19.9 Å². The molecule has 0 amide bonds. The van der Waals surface area contributed by atoms with Gasteiger partial charge in [0.15, 0.2) is 5.69 Å². The molecule has 0 spiro atoms. The first-order chi connectivity index (χ1) is 9.31. The van der Waals surface area contributed by atoms with Gasteiger partial charge in [-0.2, -0.15) is 23.4 Å². The lowest BCUT2D eigenvalue weighted by molar-refractivity contribution is -0.141. The van der Waals surface area contributed by atoms with E-state index in [4.69, 9.17) is 0 Å². The number of nitrogens with zero attached hydrogens (tertiary/aromatic N) is 4. The number of hydrogen-bond acceptors (Lipinski definition) is 3. The molecular formula is C12H16F3N5. The van der Waals surface area contributed by atoms with Crippen molar-refractivity contribution in [3.05, 3.63) is 29.3 Å². The highest BCUT2D eigenvalue weighted by Gasteiger charge is 2.34. The molecule has 0 aliphatic carbocycles. The van der Waals surface area contributed by atoms with Crippen LogP contribution in [0.3, 0.4) is 0 Å². The largest absolute Gasteiger partial charge is 0.435 e. The van der Waals surface area contributed by atoms with Crippen molar-refractivity contribution in [1.82, 2.24) is 19.6 Å². The molecule has 0 aliphatic rings. The smallest absolute Gasteiger partial charge is 0.377 e. The van der Waals surface area contributed by atoms with Crippen LogP contribution in [0.5, 0.6) is 0 Å². The Labute approximate surface area is 114 Å². The molecule has 0 atom stereocenters. The van der Waals surface area contributed by atoms with Crippen molar-refractivity contribution < 1.29 is 13.2 Å². The summed E-state index contributed by atoms with van der Waals surface area (Å²) in [6.45, 7) is 4.25. The predicted octanol–water partition coefficient (Wildman–Crippen LogP) is 2.58. The fraction of sp³-hybridized carbons (Fsp3) is 0.500. The molecule has 20 heavy (non-hydrogen) atoms. The number of aromatic nitrogens is 4. The minimum atomic E-state index is -4.42. The van der Waals surface area contributed by atoms with Gasteiger partial charge < -0.3 is 5.32 Å². The average Bonchev–Trinajstić information content (AvgIpc) is 2.89. The van der Waals surface area contributed by atoms with E-state index in [0.717, 1.165) is 17.4 Å². The van der Waals surface area contributed by atoms with Gasteiger partial charge in [0.1, 0.15) is 0 Å². The quantitative estimate of drug-likeness (QED) is 0.940. The van der Waals surface area contributed by atoms with Crippen molar-refractivity contribution in [3.8, 4) is 0 Å². The van der Waals surface area contributed by atoms with Crippen LogP contribution in [-0.2, 0) is 26.3 Å². The molecule has 0 unspecified atom stereocenters. The van der Waals surface area contributed by atoms with Gasteiger partial charge in [0.25, 0.3) is 0 Å². The first-order valence-electron chi connectivity index (χ1n) is 6.19. The monoisotopic (exact) mass is 287 g/mol. The molecule has 110 valence electrons. The molecule has 1 N–H and O–H groups in total. The van der Waals surface area contributed by atoms with Gasteiger partial charge in [0.2, 0.25) is 0 Å². The predicted molar refractivity (Wildman–Crippen MR) is 68.2 cm³/mol. The summed E-state index contributed by atoms with van der Waals surface area (Å²) in [4.78, 5) is 0. The topological polar surface area (TPSA) is 47.7 Å². The molecule has 8 heteroatoms. The van der Waals surface area contributed by atoms with Gasteiger partial charge >= 0.3 is 6.18 Å². The zero-order chi connectivity index (χ0) is 14.9. The van der Waals surface area contributed by atoms with Crippen LogP contribution in [-0.4, -0.2) is 19.6 Å². The van der Waals surface area contributed by atoms with Gasteiger partial charge in [-0.3, -0.25) is 9.36 Å². The summed E-state index contributed by atoms with van der Waals surface area (Å²) in [6.07, 6.45) is -2.63. The second-order valence-corrected chi connectivity index (χ2v) is 4.49. The number of anilines is 1. The fourth-order valence-electron chi connectivity index (χ4n) is 1.97. The Morgan fingerprint density at radius 1 is 1.30 bits per heavy atom. The van der Waals surface area contributed by atoms with Crippen LogP contribution in [0.25, 0.3) is 0 Å². The molecule has 0 aliphatic heterocycles. The van der Waals surface area contributed by atoms with Crippen LogP contribution in [0.4, 0.5) is 18.9 Å². The molecule has 2 rings (SSSR count). The normalized spacial score (nSPS) is 11.9. The van der Waals surface area contributed by atoms with Crippen molar-refractivity contribution in [2.75, 3.05) is 5.32 Å². The molecule has 2 heterocycles. The molecule has 0 fully saturated rings. The Morgan fingerprint density at radius 3 is 2.50 bits per heavy atom. The first kappa shape index (κ1) is 14.4. The average molecular weight is 287 g/mol. The maximum absolute atomic E-state index is 12.6. The molecule has 2 aromatic rings. The van der Waals surface area contributed by atoms with E-state index in [1.54, 1.807) is 24.9 Å². The minimum Gasteiger partial charge on any atom is -0.377 e. The summed E-state index contributed by atoms with van der Waals surface area (Å²) in [5.74, 6) is 0. The van der Waals surface area contributed by atoms with E-state index in [0.29, 0.717) is 12.2 Å². The summed E-state index contributed by atoms with van der Waals surface area (Å²) in [7, 11) is 1.79. The Kier molecular flexibility index (Phi) is 3.74. The molecule has 0 saturated carbocycles. The number of alkyl halides is 3. The number of aryl methyl sites for hydroxylation is 3. The van der Waals surface area contributed by atoms with E-state index in [2.05, 4.69) is 15.5 Å². The van der Waals surface area contributed by atoms with Crippen LogP contribution in [0.1, 0.15) is 24.0 Å². The summed E-state index contributed by atoms with van der Waals surface area (Å²) in [5, 5.41) is 10.8. The summed E-state index contributed by atoms with van der Waals surface area (Å²) < 4.78 is 40.9. The summed E-state index contributed by atoms with van der Waals surface area (Å²) >= 11 is 0. The standard InChI is InChI=1S/C12H16F3N5/c1-4-20-9(5-11(18-20)12(13,14)15)6-16-10-7-19(3)17-8(10)2/h5,7,16H,4,6H2,1-3H3. The van der Waals surface area contributed by atoms with Gasteiger partial charge in [-0.1, -0.05) is 0 Å². The highest BCUT2D eigenvalue weighted by Crippen LogP contribution is 2.28. The number of hydrogen-bond donors (Lipinski definition) is 1. The minimum absolute atomic E-state index is 0.267. The Balaban J connectivity index is 2.17. The lowest BCUT2D eigenvalue weighted by atomic mass is 10.3. The van der Waals surface area contributed by atoms with Crippen molar-refractivity contribution in [2.24, 2.45) is 7.05 Å². The van der Waals surface area contributed by atoms with E-state index in [1.807, 2.05) is 6.92 Å². The third-order valence-electron chi connectivity index (χ3n) is 2.93. The second-order valence-electron chi connectivity index (χ2n) is 4.49. The molecule has 2 aromatic heterocycles. The molecule has 5 nitrogen and oxygen atoms in total. The highest BCUT2D eigenvalue weighted by atomic mass is 19.4. The maximum Gasteiger partial charge on any atom is 0.435 e. The zero-order valence-corrected chi connectivity index (χ0v) is 11.5. The Hall–Kier alpha value is -1.99. The second kappa shape index (κ2) is 5.18. The van der Waals surface area contributed by atoms with Gasteiger partial charge in [0.05, 0.1) is 23.6 Å². The molecule has 0 saturated heterocycles. The van der Waals surface area contributed by atoms with E-state index in [9.17, 15) is 13.2 Å². The highest BCUT2D eigenvalue weighted by molar-refractivity contribution is 5.45. The van der Waals surface area contributed by atoms with Crippen molar-refractivity contribution in [3.63, 3.8) is 0 Å². The molecular weight excluding hydrogens is 271 g/mol. The lowest BCUT2D eigenvalue weighted by Crippen LogP contribution is -2.09. The van der Waals surface area contributed by atoms with Crippen LogP contribution in [0, 0.1) is 6.92 Å². The van der Waals surface area contributed by atoms with E-state index >= 15 is 0 Å². The van der Waals surface area contributed by atoms with Crippen molar-refractivity contribution in [2.45, 2.75) is 33.1 Å². The van der Waals surface area contributed by atoms with E-state index in [1.165, 1.54) is 4.68 Å². The van der Waals surface area contributed by atoms with Gasteiger partial charge in [-0.15, -0.1) is 0 Å². The van der Waals surface area contributed by atoms with Crippen LogP contribution in [0.2, 0.25) is 0 Å². The molecule has 0 radical (unpaired) electrons.